The molecular weight excluding hydrogens is 324 g/mol. The van der Waals surface area contributed by atoms with Gasteiger partial charge in [0.25, 0.3) is 5.56 Å². The van der Waals surface area contributed by atoms with Crippen molar-refractivity contribution in [1.29, 1.82) is 0 Å². The number of aromatic nitrogens is 1. The molecule has 0 amide bonds. The molecule has 140 valence electrons. The van der Waals surface area contributed by atoms with Gasteiger partial charge in [-0.2, -0.15) is 0 Å². The molecule has 0 radical (unpaired) electrons. The number of benzene rings is 1. The Balaban J connectivity index is 1.86. The van der Waals surface area contributed by atoms with Crippen molar-refractivity contribution in [1.82, 2.24) is 15.2 Å². The van der Waals surface area contributed by atoms with E-state index in [9.17, 15) is 4.79 Å². The first-order valence-corrected chi connectivity index (χ1v) is 9.34. The van der Waals surface area contributed by atoms with Gasteiger partial charge in [0.2, 0.25) is 0 Å². The van der Waals surface area contributed by atoms with Crippen molar-refractivity contribution >= 4 is 5.96 Å². The normalized spacial score (nSPS) is 11.6. The number of hydrogen-bond donors (Lipinski definition) is 2. The van der Waals surface area contributed by atoms with Crippen molar-refractivity contribution in [3.05, 3.63) is 70.1 Å². The zero-order chi connectivity index (χ0) is 18.8. The Morgan fingerprint density at radius 3 is 2.35 bits per heavy atom. The van der Waals surface area contributed by atoms with Gasteiger partial charge in [-0.1, -0.05) is 57.0 Å². The Hall–Kier alpha value is -2.56. The van der Waals surface area contributed by atoms with Gasteiger partial charge in [0.1, 0.15) is 0 Å². The molecule has 0 atom stereocenters. The maximum absolute atomic E-state index is 11.8. The SMILES string of the molecule is CCC(CC)CNC(=NC)NCc1ccc(Cn2ccccc2=O)cc1. The van der Waals surface area contributed by atoms with Crippen LogP contribution in [0.3, 0.4) is 0 Å². The number of pyridine rings is 1. The summed E-state index contributed by atoms with van der Waals surface area (Å²) in [7, 11) is 1.79. The zero-order valence-electron chi connectivity index (χ0n) is 16.0. The topological polar surface area (TPSA) is 58.4 Å². The Kier molecular flexibility index (Phi) is 7.93. The molecule has 0 bridgehead atoms. The molecule has 0 saturated carbocycles. The summed E-state index contributed by atoms with van der Waals surface area (Å²) < 4.78 is 1.71. The molecule has 5 heteroatoms. The van der Waals surface area contributed by atoms with E-state index in [-0.39, 0.29) is 5.56 Å². The smallest absolute Gasteiger partial charge is 0.250 e. The van der Waals surface area contributed by atoms with Crippen LogP contribution >= 0.6 is 0 Å². The van der Waals surface area contributed by atoms with Crippen LogP contribution in [0.2, 0.25) is 0 Å². The monoisotopic (exact) mass is 354 g/mol. The summed E-state index contributed by atoms with van der Waals surface area (Å²) in [5, 5.41) is 6.74. The standard InChI is InChI=1S/C21H30N4O/c1-4-17(5-2)14-23-21(22-3)24-15-18-9-11-19(12-10-18)16-25-13-7-6-8-20(25)26/h6-13,17H,4-5,14-16H2,1-3H3,(H2,22,23,24). The number of guanidine groups is 1. The lowest BCUT2D eigenvalue weighted by Gasteiger charge is -2.16. The highest BCUT2D eigenvalue weighted by atomic mass is 16.1. The predicted octanol–water partition coefficient (Wildman–Crippen LogP) is 3.00. The third-order valence-electron chi connectivity index (χ3n) is 4.67. The molecule has 0 fully saturated rings. The van der Waals surface area contributed by atoms with Gasteiger partial charge in [-0.3, -0.25) is 9.79 Å². The van der Waals surface area contributed by atoms with Gasteiger partial charge >= 0.3 is 0 Å². The number of nitrogens with one attached hydrogen (secondary N) is 2. The van der Waals surface area contributed by atoms with Gasteiger partial charge in [-0.05, 0) is 23.1 Å². The van der Waals surface area contributed by atoms with Gasteiger partial charge < -0.3 is 15.2 Å². The average molecular weight is 354 g/mol. The lowest BCUT2D eigenvalue weighted by molar-refractivity contribution is 0.481. The minimum atomic E-state index is 0.0191. The van der Waals surface area contributed by atoms with Gasteiger partial charge in [-0.15, -0.1) is 0 Å². The van der Waals surface area contributed by atoms with Crippen molar-refractivity contribution in [3.8, 4) is 0 Å². The van der Waals surface area contributed by atoms with Gasteiger partial charge in [0, 0.05) is 32.4 Å². The summed E-state index contributed by atoms with van der Waals surface area (Å²) in [4.78, 5) is 16.1. The van der Waals surface area contributed by atoms with E-state index in [0.717, 1.165) is 18.1 Å². The maximum Gasteiger partial charge on any atom is 0.250 e. The van der Waals surface area contributed by atoms with Crippen LogP contribution in [0.15, 0.2) is 58.4 Å². The second-order valence-electron chi connectivity index (χ2n) is 6.47. The summed E-state index contributed by atoms with van der Waals surface area (Å²) in [5.41, 5.74) is 2.31. The summed E-state index contributed by atoms with van der Waals surface area (Å²) in [6.07, 6.45) is 4.16. The number of nitrogens with zero attached hydrogens (tertiary/aromatic N) is 2. The van der Waals surface area contributed by atoms with Crippen molar-refractivity contribution in [2.75, 3.05) is 13.6 Å². The average Bonchev–Trinajstić information content (AvgIpc) is 2.68. The molecule has 1 aromatic carbocycles. The molecule has 1 heterocycles. The number of rotatable bonds is 8. The van der Waals surface area contributed by atoms with Crippen molar-refractivity contribution in [2.45, 2.75) is 39.8 Å². The van der Waals surface area contributed by atoms with Crippen molar-refractivity contribution in [3.63, 3.8) is 0 Å². The largest absolute Gasteiger partial charge is 0.356 e. The predicted molar refractivity (Wildman–Crippen MR) is 109 cm³/mol. The molecule has 0 unspecified atom stereocenters. The fourth-order valence-corrected chi connectivity index (χ4v) is 2.78. The van der Waals surface area contributed by atoms with Crippen LogP contribution in [0, 0.1) is 5.92 Å². The molecule has 0 aliphatic carbocycles. The quantitative estimate of drug-likeness (QED) is 0.566. The fourth-order valence-electron chi connectivity index (χ4n) is 2.78. The van der Waals surface area contributed by atoms with Crippen LogP contribution in [0.4, 0.5) is 0 Å². The van der Waals surface area contributed by atoms with E-state index in [0.29, 0.717) is 19.0 Å². The Morgan fingerprint density at radius 2 is 1.73 bits per heavy atom. The molecular formula is C21H30N4O. The van der Waals surface area contributed by atoms with Crippen molar-refractivity contribution in [2.24, 2.45) is 10.9 Å². The molecule has 1 aromatic heterocycles. The summed E-state index contributed by atoms with van der Waals surface area (Å²) >= 11 is 0. The molecule has 0 aliphatic heterocycles. The lowest BCUT2D eigenvalue weighted by atomic mass is 10.0. The summed E-state index contributed by atoms with van der Waals surface area (Å²) in [6.45, 7) is 6.69. The Labute approximate surface area is 156 Å². The Bertz CT molecular complexity index is 745. The highest BCUT2D eigenvalue weighted by Gasteiger charge is 2.05. The van der Waals surface area contributed by atoms with E-state index in [2.05, 4.69) is 53.7 Å². The van der Waals surface area contributed by atoms with Crippen LogP contribution in [-0.4, -0.2) is 24.1 Å². The van der Waals surface area contributed by atoms with E-state index >= 15 is 0 Å². The van der Waals surface area contributed by atoms with Gasteiger partial charge in [0.05, 0.1) is 6.54 Å². The highest BCUT2D eigenvalue weighted by Crippen LogP contribution is 2.06. The molecule has 5 nitrogen and oxygen atoms in total. The van der Waals surface area contributed by atoms with Crippen LogP contribution in [0.25, 0.3) is 0 Å². The maximum atomic E-state index is 11.8. The first kappa shape index (κ1) is 19.8. The Morgan fingerprint density at radius 1 is 1.04 bits per heavy atom. The molecule has 0 spiro atoms. The van der Waals surface area contributed by atoms with Crippen LogP contribution in [-0.2, 0) is 13.1 Å². The molecule has 0 saturated heterocycles. The minimum Gasteiger partial charge on any atom is -0.356 e. The second-order valence-corrected chi connectivity index (χ2v) is 6.47. The van der Waals surface area contributed by atoms with Gasteiger partial charge in [-0.25, -0.2) is 0 Å². The second kappa shape index (κ2) is 10.4. The molecule has 2 N–H and O–H groups in total. The van der Waals surface area contributed by atoms with E-state index in [1.807, 2.05) is 12.3 Å². The summed E-state index contributed by atoms with van der Waals surface area (Å²) in [6, 6.07) is 13.5. The minimum absolute atomic E-state index is 0.0191. The van der Waals surface area contributed by atoms with Crippen LogP contribution in [0.5, 0.6) is 0 Å². The fraction of sp³-hybridized carbons (Fsp3) is 0.429. The first-order chi connectivity index (χ1) is 12.7. The van der Waals surface area contributed by atoms with Crippen LogP contribution < -0.4 is 16.2 Å². The molecule has 0 aliphatic rings. The lowest BCUT2D eigenvalue weighted by Crippen LogP contribution is -2.39. The van der Waals surface area contributed by atoms with E-state index in [4.69, 9.17) is 0 Å². The van der Waals surface area contributed by atoms with Crippen LogP contribution in [0.1, 0.15) is 37.8 Å². The number of aliphatic imine (C=N–C) groups is 1. The van der Waals surface area contributed by atoms with E-state index < -0.39 is 0 Å². The van der Waals surface area contributed by atoms with E-state index in [1.54, 1.807) is 23.7 Å². The van der Waals surface area contributed by atoms with Gasteiger partial charge in [0.15, 0.2) is 5.96 Å². The first-order valence-electron chi connectivity index (χ1n) is 9.34. The molecule has 2 rings (SSSR count). The summed E-state index contributed by atoms with van der Waals surface area (Å²) in [5.74, 6) is 1.51. The molecule has 26 heavy (non-hydrogen) atoms. The molecule has 2 aromatic rings. The third-order valence-corrected chi connectivity index (χ3v) is 4.67. The van der Waals surface area contributed by atoms with Crippen molar-refractivity contribution < 1.29 is 0 Å². The number of hydrogen-bond acceptors (Lipinski definition) is 2. The van der Waals surface area contributed by atoms with E-state index in [1.165, 1.54) is 18.4 Å². The zero-order valence-corrected chi connectivity index (χ0v) is 16.0. The highest BCUT2D eigenvalue weighted by molar-refractivity contribution is 5.79. The third kappa shape index (κ3) is 6.06.